The summed E-state index contributed by atoms with van der Waals surface area (Å²) in [5.74, 6) is -9.46. The van der Waals surface area contributed by atoms with Gasteiger partial charge in [0.05, 0.1) is 51.8 Å². The molecule has 0 fully saturated rings. The maximum absolute atomic E-state index is 12.9. The van der Waals surface area contributed by atoms with Crippen molar-refractivity contribution in [1.29, 1.82) is 0 Å². The van der Waals surface area contributed by atoms with Gasteiger partial charge in [0.25, 0.3) is 0 Å². The third-order valence-electron chi connectivity index (χ3n) is 9.75. The minimum atomic E-state index is -1.88. The number of aldehydes is 1. The summed E-state index contributed by atoms with van der Waals surface area (Å²) in [6, 6.07) is -5.70. The quantitative estimate of drug-likeness (QED) is 0.0221. The van der Waals surface area contributed by atoms with Crippen molar-refractivity contribution in [3.05, 3.63) is 29.8 Å². The minimum absolute atomic E-state index is 0.0445. The van der Waals surface area contributed by atoms with E-state index in [9.17, 15) is 78.6 Å². The van der Waals surface area contributed by atoms with Crippen LogP contribution in [0, 0.1) is 0 Å². The van der Waals surface area contributed by atoms with Gasteiger partial charge in [-0.15, -0.1) is 0 Å². The number of carbonyl (C=O) groups excluding carboxylic acids is 8. The molecule has 0 aliphatic rings. The summed E-state index contributed by atoms with van der Waals surface area (Å²) in [5, 5.41) is 90.6. The molecule has 1 aromatic rings. The Hall–Kier alpha value is -6.32. The number of amides is 7. The molecule has 0 unspecified atom stereocenters. The van der Waals surface area contributed by atoms with Gasteiger partial charge in [0, 0.05) is 12.8 Å². The largest absolute Gasteiger partial charge is 0.494 e. The number of aliphatic carboxylic acids is 1. The molecule has 1 rings (SSSR count). The predicted octanol–water partition coefficient (Wildman–Crippen LogP) is -5.31. The molecule has 1 aromatic carbocycles. The summed E-state index contributed by atoms with van der Waals surface area (Å²) in [4.78, 5) is 122. The third-order valence-corrected chi connectivity index (χ3v) is 9.75. The number of aliphatic hydroxyl groups excluding tert-OH is 6. The molecule has 0 aliphatic heterocycles. The zero-order valence-electron chi connectivity index (χ0n) is 36.7. The van der Waals surface area contributed by atoms with E-state index in [-0.39, 0.29) is 18.3 Å². The Bertz CT molecular complexity index is 1770. The highest BCUT2D eigenvalue weighted by Crippen LogP contribution is 2.14. The number of aliphatic hydroxyl groups is 6. The summed E-state index contributed by atoms with van der Waals surface area (Å²) >= 11 is 0. The van der Waals surface area contributed by atoms with E-state index in [1.54, 1.807) is 12.1 Å². The molecule has 0 aromatic heterocycles. The molecule has 0 radical (unpaired) electrons. The van der Waals surface area contributed by atoms with Gasteiger partial charge in [0.15, 0.2) is 0 Å². The molecular formula is C41H63N7O19. The first-order valence-electron chi connectivity index (χ1n) is 21.4. The smallest absolute Gasteiger partial charge is 0.335 e. The molecule has 0 heterocycles. The Balaban J connectivity index is 2.52. The summed E-state index contributed by atoms with van der Waals surface area (Å²) in [7, 11) is 0. The van der Waals surface area contributed by atoms with Crippen LogP contribution in [0.2, 0.25) is 0 Å². The van der Waals surface area contributed by atoms with E-state index in [1.165, 1.54) is 12.1 Å². The average Bonchev–Trinajstić information content (AvgIpc) is 3.31. The number of carboxylic acids is 2. The second-order valence-corrected chi connectivity index (χ2v) is 15.0. The second-order valence-electron chi connectivity index (χ2n) is 15.0. The molecule has 0 bridgehead atoms. The first-order valence-corrected chi connectivity index (χ1v) is 21.4. The van der Waals surface area contributed by atoms with Gasteiger partial charge < -0.3 is 87.6 Å². The Morgan fingerprint density at radius 1 is 0.463 bits per heavy atom. The van der Waals surface area contributed by atoms with Crippen LogP contribution in [-0.4, -0.2) is 189 Å². The van der Waals surface area contributed by atoms with Gasteiger partial charge >= 0.3 is 11.9 Å². The van der Waals surface area contributed by atoms with Gasteiger partial charge in [-0.05, 0) is 43.5 Å². The molecule has 67 heavy (non-hydrogen) atoms. The van der Waals surface area contributed by atoms with Gasteiger partial charge in [0.2, 0.25) is 41.4 Å². The fourth-order valence-corrected chi connectivity index (χ4v) is 5.86. The van der Waals surface area contributed by atoms with E-state index >= 15 is 0 Å². The van der Waals surface area contributed by atoms with Gasteiger partial charge in [0.1, 0.15) is 54.3 Å². The van der Waals surface area contributed by atoms with Crippen LogP contribution < -0.4 is 42.0 Å². The normalized spacial score (nSPS) is 14.0. The number of rotatable bonds is 36. The highest BCUT2D eigenvalue weighted by molar-refractivity contribution is 5.97. The zero-order chi connectivity index (χ0) is 50.3. The van der Waals surface area contributed by atoms with E-state index in [0.29, 0.717) is 18.8 Å². The van der Waals surface area contributed by atoms with Crippen LogP contribution in [-0.2, 0) is 43.2 Å². The molecule has 0 spiro atoms. The Kier molecular flexibility index (Phi) is 29.1. The van der Waals surface area contributed by atoms with Crippen molar-refractivity contribution in [3.63, 3.8) is 0 Å². The number of carbonyl (C=O) groups is 10. The van der Waals surface area contributed by atoms with Crippen LogP contribution in [0.4, 0.5) is 0 Å². The average molecular weight is 958 g/mol. The molecule has 26 heteroatoms. The summed E-state index contributed by atoms with van der Waals surface area (Å²) in [6.45, 7) is -5.70. The van der Waals surface area contributed by atoms with E-state index in [2.05, 4.69) is 10.6 Å². The molecule has 7 amide bonds. The van der Waals surface area contributed by atoms with Crippen molar-refractivity contribution in [3.8, 4) is 5.75 Å². The minimum Gasteiger partial charge on any atom is -0.494 e. The lowest BCUT2D eigenvalue weighted by molar-refractivity contribution is -0.142. The number of benzene rings is 1. The highest BCUT2D eigenvalue weighted by Gasteiger charge is 2.32. The fourth-order valence-electron chi connectivity index (χ4n) is 5.86. The standard InChI is InChI=1S/C41H63N7O19/c49-17-25(18-50)42-35(58)29(20-52)45-37(60)31(22-54)47-39(62)32(23-55)48-38(61)30(21-53)46-36(59)28(19-51)44-34(57)15-14-27(41(65)66)43-33(56)9-7-5-3-1-2-4-6-8-16-67-26-12-10-24(11-13-26)40(63)64/h10-13,17,25,27-32,50-55H,1-9,14-16,18-23H2,(H,42,58)(H,43,56)(H,44,57)(H,45,60)(H,46,59)(H,47,62)(H,48,61)(H,63,64)(H,65,66)/t25-,27+,28+,29+,30+,31+,32+/m1/s1. The first kappa shape index (κ1) is 58.7. The van der Waals surface area contributed by atoms with Crippen molar-refractivity contribution >= 4 is 59.6 Å². The molecule has 15 N–H and O–H groups in total. The van der Waals surface area contributed by atoms with E-state index < -0.39 is 148 Å². The van der Waals surface area contributed by atoms with E-state index in [1.807, 2.05) is 26.6 Å². The zero-order valence-corrected chi connectivity index (χ0v) is 36.7. The third kappa shape index (κ3) is 23.1. The number of nitrogens with one attached hydrogen (secondary N) is 7. The van der Waals surface area contributed by atoms with Crippen LogP contribution in [0.3, 0.4) is 0 Å². The number of ether oxygens (including phenoxy) is 1. The van der Waals surface area contributed by atoms with Crippen molar-refractivity contribution in [1.82, 2.24) is 37.2 Å². The molecule has 0 saturated heterocycles. The number of hydrogen-bond donors (Lipinski definition) is 15. The van der Waals surface area contributed by atoms with E-state index in [4.69, 9.17) is 14.9 Å². The molecule has 0 saturated carbocycles. The van der Waals surface area contributed by atoms with Crippen molar-refractivity contribution in [2.75, 3.05) is 46.2 Å². The van der Waals surface area contributed by atoms with Gasteiger partial charge in [-0.2, -0.15) is 0 Å². The number of aromatic carboxylic acids is 1. The van der Waals surface area contributed by atoms with Crippen LogP contribution in [0.5, 0.6) is 5.75 Å². The molecule has 7 atom stereocenters. The van der Waals surface area contributed by atoms with E-state index in [0.717, 1.165) is 44.9 Å². The second kappa shape index (κ2) is 33.2. The Morgan fingerprint density at radius 3 is 1.22 bits per heavy atom. The topological polar surface area (TPSA) is 426 Å². The maximum Gasteiger partial charge on any atom is 0.335 e. The SMILES string of the molecule is O=C[C@H](CO)NC(=O)[C@H](CO)NC(=O)[C@H](CO)NC(=O)[C@H](CO)NC(=O)[C@H](CO)NC(=O)[C@H](CO)NC(=O)CC[C@H](NC(=O)CCCCCCCCCCOc1ccc(C(=O)O)cc1)C(=O)O. The van der Waals surface area contributed by atoms with Crippen molar-refractivity contribution in [2.24, 2.45) is 0 Å². The summed E-state index contributed by atoms with van der Waals surface area (Å²) in [6.07, 6.45) is 6.05. The first-order chi connectivity index (χ1) is 32.0. The van der Waals surface area contributed by atoms with Crippen LogP contribution >= 0.6 is 0 Å². The van der Waals surface area contributed by atoms with Gasteiger partial charge in [-0.3, -0.25) is 33.6 Å². The number of unbranched alkanes of at least 4 members (excludes halogenated alkanes) is 7. The van der Waals surface area contributed by atoms with Crippen LogP contribution in [0.15, 0.2) is 24.3 Å². The molecule has 0 aliphatic carbocycles. The van der Waals surface area contributed by atoms with Crippen LogP contribution in [0.25, 0.3) is 0 Å². The van der Waals surface area contributed by atoms with Crippen LogP contribution in [0.1, 0.15) is 81.0 Å². The summed E-state index contributed by atoms with van der Waals surface area (Å²) < 4.78 is 5.62. The molecule has 376 valence electrons. The Morgan fingerprint density at radius 2 is 0.836 bits per heavy atom. The molecule has 26 nitrogen and oxygen atoms in total. The number of carboxylic acid groups (broad SMARTS) is 2. The monoisotopic (exact) mass is 957 g/mol. The highest BCUT2D eigenvalue weighted by atomic mass is 16.5. The fraction of sp³-hybridized carbons (Fsp3) is 0.610. The van der Waals surface area contributed by atoms with Crippen molar-refractivity contribution < 1.29 is 93.5 Å². The lowest BCUT2D eigenvalue weighted by Crippen LogP contribution is -2.61. The maximum atomic E-state index is 12.9. The molecular weight excluding hydrogens is 894 g/mol. The predicted molar refractivity (Wildman–Crippen MR) is 229 cm³/mol. The Labute approximate surface area is 384 Å². The van der Waals surface area contributed by atoms with Crippen molar-refractivity contribution in [2.45, 2.75) is 113 Å². The van der Waals surface area contributed by atoms with Gasteiger partial charge in [-0.1, -0.05) is 38.5 Å². The lowest BCUT2D eigenvalue weighted by atomic mass is 10.1. The summed E-state index contributed by atoms with van der Waals surface area (Å²) in [5.41, 5.74) is 0.181. The number of hydrogen-bond acceptors (Lipinski definition) is 17. The van der Waals surface area contributed by atoms with Gasteiger partial charge in [-0.25, -0.2) is 9.59 Å². The lowest BCUT2D eigenvalue weighted by Gasteiger charge is -2.25.